The van der Waals surface area contributed by atoms with Crippen molar-refractivity contribution in [3.63, 3.8) is 0 Å². The molecule has 6 heteroatoms. The molecule has 2 atom stereocenters. The molecule has 0 aromatic carbocycles. The van der Waals surface area contributed by atoms with E-state index < -0.39 is 11.9 Å². The SMILES string of the molecule is CC1CCCCN1C(=O)C(N)CC(N)=O.Cl. The van der Waals surface area contributed by atoms with Crippen molar-refractivity contribution >= 4 is 24.2 Å². The Kier molecular flexibility index (Phi) is 6.36. The van der Waals surface area contributed by atoms with E-state index in [2.05, 4.69) is 0 Å². The van der Waals surface area contributed by atoms with Gasteiger partial charge in [-0.3, -0.25) is 9.59 Å². The van der Waals surface area contributed by atoms with E-state index in [4.69, 9.17) is 11.5 Å². The van der Waals surface area contributed by atoms with E-state index in [0.717, 1.165) is 25.8 Å². The minimum atomic E-state index is -0.775. The molecule has 1 fully saturated rings. The van der Waals surface area contributed by atoms with Crippen LogP contribution >= 0.6 is 12.4 Å². The first-order chi connectivity index (χ1) is 7.02. The number of likely N-dealkylation sites (tertiary alicyclic amines) is 1. The van der Waals surface area contributed by atoms with Crippen molar-refractivity contribution in [3.8, 4) is 0 Å². The molecule has 94 valence electrons. The quantitative estimate of drug-likeness (QED) is 0.739. The molecule has 0 aromatic heterocycles. The van der Waals surface area contributed by atoms with Crippen LogP contribution in [0.1, 0.15) is 32.6 Å². The molecule has 0 radical (unpaired) electrons. The lowest BCUT2D eigenvalue weighted by Crippen LogP contribution is -2.50. The van der Waals surface area contributed by atoms with Gasteiger partial charge in [-0.1, -0.05) is 0 Å². The Balaban J connectivity index is 0.00000225. The number of carbonyl (C=O) groups is 2. The smallest absolute Gasteiger partial charge is 0.240 e. The van der Waals surface area contributed by atoms with Crippen LogP contribution in [0.5, 0.6) is 0 Å². The second-order valence-corrected chi connectivity index (χ2v) is 4.15. The highest BCUT2D eigenvalue weighted by atomic mass is 35.5. The molecule has 4 N–H and O–H groups in total. The Bertz CT molecular complexity index is 260. The maximum atomic E-state index is 11.8. The van der Waals surface area contributed by atoms with Gasteiger partial charge in [0.1, 0.15) is 0 Å². The molecule has 0 aromatic rings. The lowest BCUT2D eigenvalue weighted by atomic mass is 10.0. The summed E-state index contributed by atoms with van der Waals surface area (Å²) in [5.41, 5.74) is 10.6. The molecule has 1 rings (SSSR count). The van der Waals surface area contributed by atoms with Gasteiger partial charge < -0.3 is 16.4 Å². The third kappa shape index (κ3) is 3.98. The van der Waals surface area contributed by atoms with Gasteiger partial charge in [-0.05, 0) is 26.2 Å². The van der Waals surface area contributed by atoms with Crippen molar-refractivity contribution in [3.05, 3.63) is 0 Å². The Hall–Kier alpha value is -0.810. The maximum Gasteiger partial charge on any atom is 0.240 e. The largest absolute Gasteiger partial charge is 0.370 e. The number of carbonyl (C=O) groups excluding carboxylic acids is 2. The van der Waals surface area contributed by atoms with Crippen molar-refractivity contribution < 1.29 is 9.59 Å². The van der Waals surface area contributed by atoms with Crippen molar-refractivity contribution in [1.82, 2.24) is 4.90 Å². The molecule has 1 saturated heterocycles. The summed E-state index contributed by atoms with van der Waals surface area (Å²) < 4.78 is 0. The number of nitrogens with zero attached hydrogens (tertiary/aromatic N) is 1. The van der Waals surface area contributed by atoms with Crippen LogP contribution in [-0.4, -0.2) is 35.3 Å². The molecule has 2 amide bonds. The first-order valence-electron chi connectivity index (χ1n) is 5.36. The average molecular weight is 250 g/mol. The molecule has 0 aliphatic carbocycles. The first-order valence-corrected chi connectivity index (χ1v) is 5.36. The second-order valence-electron chi connectivity index (χ2n) is 4.15. The number of amides is 2. The van der Waals surface area contributed by atoms with Crippen molar-refractivity contribution in [2.24, 2.45) is 11.5 Å². The predicted octanol–water partition coefficient (Wildman–Crippen LogP) is 0.0119. The van der Waals surface area contributed by atoms with Crippen molar-refractivity contribution in [2.45, 2.75) is 44.7 Å². The van der Waals surface area contributed by atoms with Gasteiger partial charge in [0.25, 0.3) is 0 Å². The Morgan fingerprint density at radius 3 is 2.56 bits per heavy atom. The van der Waals surface area contributed by atoms with E-state index in [9.17, 15) is 9.59 Å². The molecule has 2 unspecified atom stereocenters. The third-order valence-electron chi connectivity index (χ3n) is 2.82. The molecule has 0 saturated carbocycles. The van der Waals surface area contributed by atoms with Gasteiger partial charge >= 0.3 is 0 Å². The topological polar surface area (TPSA) is 89.4 Å². The van der Waals surface area contributed by atoms with E-state index in [0.29, 0.717) is 0 Å². The Morgan fingerprint density at radius 2 is 2.06 bits per heavy atom. The summed E-state index contributed by atoms with van der Waals surface area (Å²) in [4.78, 5) is 24.2. The number of piperidine rings is 1. The van der Waals surface area contributed by atoms with Crippen LogP contribution in [0.25, 0.3) is 0 Å². The fourth-order valence-electron chi connectivity index (χ4n) is 1.94. The van der Waals surface area contributed by atoms with E-state index in [1.807, 2.05) is 6.92 Å². The van der Waals surface area contributed by atoms with Crippen LogP contribution in [0, 0.1) is 0 Å². The summed E-state index contributed by atoms with van der Waals surface area (Å²) in [5.74, 6) is -0.679. The normalized spacial score (nSPS) is 22.1. The number of nitrogens with two attached hydrogens (primary N) is 2. The van der Waals surface area contributed by atoms with Crippen LogP contribution < -0.4 is 11.5 Å². The van der Waals surface area contributed by atoms with Gasteiger partial charge in [0.15, 0.2) is 0 Å². The van der Waals surface area contributed by atoms with Crippen LogP contribution in [0.4, 0.5) is 0 Å². The van der Waals surface area contributed by atoms with Gasteiger partial charge in [0.2, 0.25) is 11.8 Å². The molecule has 0 bridgehead atoms. The van der Waals surface area contributed by atoms with Crippen LogP contribution in [0.3, 0.4) is 0 Å². The summed E-state index contributed by atoms with van der Waals surface area (Å²) in [6.45, 7) is 2.75. The molecular weight excluding hydrogens is 230 g/mol. The van der Waals surface area contributed by atoms with Crippen molar-refractivity contribution in [1.29, 1.82) is 0 Å². The zero-order valence-corrected chi connectivity index (χ0v) is 10.3. The fourth-order valence-corrected chi connectivity index (χ4v) is 1.94. The van der Waals surface area contributed by atoms with Gasteiger partial charge in [0, 0.05) is 12.6 Å². The number of halogens is 1. The van der Waals surface area contributed by atoms with E-state index in [-0.39, 0.29) is 30.8 Å². The van der Waals surface area contributed by atoms with E-state index in [1.165, 1.54) is 0 Å². The van der Waals surface area contributed by atoms with Crippen LogP contribution in [0.15, 0.2) is 0 Å². The lowest BCUT2D eigenvalue weighted by molar-refractivity contribution is -0.137. The van der Waals surface area contributed by atoms with Crippen LogP contribution in [-0.2, 0) is 9.59 Å². The summed E-state index contributed by atoms with van der Waals surface area (Å²) in [6.07, 6.45) is 3.10. The highest BCUT2D eigenvalue weighted by Crippen LogP contribution is 2.17. The van der Waals surface area contributed by atoms with Crippen molar-refractivity contribution in [2.75, 3.05) is 6.54 Å². The zero-order chi connectivity index (χ0) is 11.4. The standard InChI is InChI=1S/C10H19N3O2.ClH/c1-7-4-2-3-5-13(7)10(15)8(11)6-9(12)14;/h7-8H,2-6,11H2,1H3,(H2,12,14);1H. The molecule has 16 heavy (non-hydrogen) atoms. The summed E-state index contributed by atoms with van der Waals surface area (Å²) in [7, 11) is 0. The molecule has 1 aliphatic heterocycles. The molecule has 1 aliphatic rings. The molecular formula is C10H20ClN3O2. The summed E-state index contributed by atoms with van der Waals surface area (Å²) in [5, 5.41) is 0. The van der Waals surface area contributed by atoms with Gasteiger partial charge in [-0.15, -0.1) is 12.4 Å². The minimum absolute atomic E-state index is 0. The molecule has 1 heterocycles. The maximum absolute atomic E-state index is 11.8. The minimum Gasteiger partial charge on any atom is -0.370 e. The Labute approximate surface area is 102 Å². The average Bonchev–Trinajstić information content (AvgIpc) is 2.16. The van der Waals surface area contributed by atoms with E-state index in [1.54, 1.807) is 4.90 Å². The summed E-state index contributed by atoms with van der Waals surface area (Å²) in [6, 6.07) is -0.548. The number of hydrogen-bond acceptors (Lipinski definition) is 3. The number of rotatable bonds is 3. The van der Waals surface area contributed by atoms with Gasteiger partial charge in [-0.25, -0.2) is 0 Å². The first kappa shape index (κ1) is 15.2. The second kappa shape index (κ2) is 6.70. The molecule has 0 spiro atoms. The number of hydrogen-bond donors (Lipinski definition) is 2. The lowest BCUT2D eigenvalue weighted by Gasteiger charge is -2.34. The van der Waals surface area contributed by atoms with Gasteiger partial charge in [-0.2, -0.15) is 0 Å². The van der Waals surface area contributed by atoms with Crippen LogP contribution in [0.2, 0.25) is 0 Å². The summed E-state index contributed by atoms with van der Waals surface area (Å²) >= 11 is 0. The highest BCUT2D eigenvalue weighted by molar-refractivity contribution is 5.87. The predicted molar refractivity (Wildman–Crippen MR) is 64.1 cm³/mol. The highest BCUT2D eigenvalue weighted by Gasteiger charge is 2.27. The Morgan fingerprint density at radius 1 is 1.44 bits per heavy atom. The third-order valence-corrected chi connectivity index (χ3v) is 2.82. The number of primary amides is 1. The van der Waals surface area contributed by atoms with Gasteiger partial charge in [0.05, 0.1) is 12.5 Å². The molecule has 5 nitrogen and oxygen atoms in total. The zero-order valence-electron chi connectivity index (χ0n) is 9.52. The van der Waals surface area contributed by atoms with E-state index >= 15 is 0 Å². The monoisotopic (exact) mass is 249 g/mol. The fraction of sp³-hybridized carbons (Fsp3) is 0.800.